The summed E-state index contributed by atoms with van der Waals surface area (Å²) in [5.74, 6) is 1.33. The first kappa shape index (κ1) is 12.3. The second-order valence-corrected chi connectivity index (χ2v) is 1.91. The molecule has 0 N–H and O–H groups in total. The molecule has 0 amide bonds. The Bertz CT molecular complexity index is 34.5. The number of rotatable bonds is 4. The van der Waals surface area contributed by atoms with E-state index in [4.69, 9.17) is 5.26 Å². The number of thiol groups is 1. The number of hydrogen-bond donors (Lipinski definition) is 1. The van der Waals surface area contributed by atoms with Crippen molar-refractivity contribution in [3.8, 4) is 0 Å². The fraction of sp³-hybridized carbons (Fsp3) is 1.00. The van der Waals surface area contributed by atoms with E-state index >= 15 is 0 Å². The third kappa shape index (κ3) is 10.5. The molecule has 0 unspecified atom stereocenters. The van der Waals surface area contributed by atoms with Crippen molar-refractivity contribution in [2.24, 2.45) is 0 Å². The molecule has 44 valence electrons. The maximum absolute atomic E-state index is 9.04. The minimum Gasteiger partial charge on any atom is -0.691 e. The second kappa shape index (κ2) is 11.4. The van der Waals surface area contributed by atoms with Gasteiger partial charge in [-0.05, 0) is 0 Å². The Labute approximate surface area is 79.9 Å². The van der Waals surface area contributed by atoms with Crippen molar-refractivity contribution in [3.05, 3.63) is 0 Å². The van der Waals surface area contributed by atoms with Gasteiger partial charge >= 0.3 is 29.6 Å². The third-order valence-electron chi connectivity index (χ3n) is 0.251. The minimum atomic E-state index is 0. The smallest absolute Gasteiger partial charge is 0.691 e. The van der Waals surface area contributed by atoms with Crippen LogP contribution in [0.1, 0.15) is 0 Å². The molecule has 0 bridgehead atoms. The molecule has 0 atom stereocenters. The molecule has 0 aliphatic rings. The Morgan fingerprint density at radius 1 is 1.62 bits per heavy atom. The normalized spacial score (nSPS) is 8.25. The van der Waals surface area contributed by atoms with Crippen LogP contribution in [0.5, 0.6) is 0 Å². The monoisotopic (exact) mass is 164 g/mol. The molecule has 0 saturated carbocycles. The summed E-state index contributed by atoms with van der Waals surface area (Å²) < 4.78 is 3.89. The average molecular weight is 164 g/mol. The van der Waals surface area contributed by atoms with E-state index in [2.05, 4.69) is 22.0 Å². The van der Waals surface area contributed by atoms with E-state index in [0.29, 0.717) is 11.5 Å². The van der Waals surface area contributed by atoms with Crippen molar-refractivity contribution < 1.29 is 44.2 Å². The second-order valence-electron chi connectivity index (χ2n) is 0.682. The average Bonchev–Trinajstić information content (AvgIpc) is 1.69. The molecule has 0 rings (SSSR count). The maximum Gasteiger partial charge on any atom is 1.00 e. The zero-order chi connectivity index (χ0) is 5.54. The molecule has 0 fully saturated rings. The van der Waals surface area contributed by atoms with E-state index in [1.165, 1.54) is 0 Å². The van der Waals surface area contributed by atoms with Gasteiger partial charge in [-0.3, -0.25) is 5.04 Å². The first-order valence-corrected chi connectivity index (χ1v) is 3.15. The molecule has 0 spiro atoms. The summed E-state index contributed by atoms with van der Waals surface area (Å²) >= 11 is 4.78. The van der Waals surface area contributed by atoms with Gasteiger partial charge in [0.05, 0.1) is 0 Å². The zero-order valence-electron chi connectivity index (χ0n) is 4.49. The molecule has 6 heteroatoms. The van der Waals surface area contributed by atoms with Crippen LogP contribution < -0.4 is 34.8 Å². The van der Waals surface area contributed by atoms with Crippen LogP contribution >= 0.6 is 24.7 Å². The fourth-order valence-corrected chi connectivity index (χ4v) is 0.496. The van der Waals surface area contributed by atoms with E-state index in [9.17, 15) is 0 Å². The summed E-state index contributed by atoms with van der Waals surface area (Å²) in [5.41, 5.74) is 0. The van der Waals surface area contributed by atoms with Crippen molar-refractivity contribution >= 4 is 24.7 Å². The molecule has 0 aliphatic carbocycles. The van der Waals surface area contributed by atoms with E-state index in [1.807, 2.05) is 0 Å². The molecule has 0 aromatic carbocycles. The Morgan fingerprint density at radius 2 is 2.25 bits per heavy atom. The molecule has 0 aromatic heterocycles. The first-order valence-electron chi connectivity index (χ1n) is 1.60. The van der Waals surface area contributed by atoms with E-state index in [-0.39, 0.29) is 29.6 Å². The quantitative estimate of drug-likeness (QED) is 0.119. The fourth-order valence-electron chi connectivity index (χ4n) is 0.0909. The van der Waals surface area contributed by atoms with Gasteiger partial charge in [-0.1, -0.05) is 0 Å². The van der Waals surface area contributed by atoms with Gasteiger partial charge in [0, 0.05) is 23.5 Å². The van der Waals surface area contributed by atoms with Crippen molar-refractivity contribution in [2.75, 3.05) is 11.5 Å². The van der Waals surface area contributed by atoms with Gasteiger partial charge in [-0.25, -0.2) is 0 Å². The van der Waals surface area contributed by atoms with Crippen molar-refractivity contribution in [1.82, 2.24) is 0 Å². The Kier molecular flexibility index (Phi) is 17.5. The van der Waals surface area contributed by atoms with E-state index < -0.39 is 0 Å². The molecular formula is C2H5NaO3S2. The number of hydrogen-bond acceptors (Lipinski definition) is 5. The van der Waals surface area contributed by atoms with Crippen LogP contribution in [0, 0.1) is 0 Å². The van der Waals surface area contributed by atoms with Crippen molar-refractivity contribution in [2.45, 2.75) is 0 Å². The van der Waals surface area contributed by atoms with E-state index in [0.717, 1.165) is 12.0 Å². The molecule has 0 radical (unpaired) electrons. The topological polar surface area (TPSA) is 41.5 Å². The summed E-state index contributed by atoms with van der Waals surface area (Å²) in [6.45, 7) is 0. The van der Waals surface area contributed by atoms with Crippen LogP contribution in [0.4, 0.5) is 0 Å². The van der Waals surface area contributed by atoms with Crippen LogP contribution in [0.3, 0.4) is 0 Å². The molecule has 0 heterocycles. The summed E-state index contributed by atoms with van der Waals surface area (Å²) in [7, 11) is 0. The summed E-state index contributed by atoms with van der Waals surface area (Å²) in [4.78, 5) is 0. The predicted octanol–water partition coefficient (Wildman–Crippen LogP) is -3.21. The molecular weight excluding hydrogens is 159 g/mol. The molecule has 0 saturated heterocycles. The van der Waals surface area contributed by atoms with Gasteiger partial charge in [0.15, 0.2) is 0 Å². The van der Waals surface area contributed by atoms with E-state index in [1.54, 1.807) is 0 Å². The molecule has 8 heavy (non-hydrogen) atoms. The Balaban J connectivity index is 0. The van der Waals surface area contributed by atoms with Gasteiger partial charge in [0.2, 0.25) is 0 Å². The largest absolute Gasteiger partial charge is 1.00 e. The summed E-state index contributed by atoms with van der Waals surface area (Å²) in [5, 5.41) is 12.1. The first-order chi connectivity index (χ1) is 3.41. The molecule has 3 nitrogen and oxygen atoms in total. The van der Waals surface area contributed by atoms with Crippen molar-refractivity contribution in [1.29, 1.82) is 0 Å². The minimum absolute atomic E-state index is 0. The SMILES string of the molecule is [Na+].[O-]OOSCCS. The molecule has 0 aromatic rings. The van der Waals surface area contributed by atoms with Crippen molar-refractivity contribution in [3.63, 3.8) is 0 Å². The predicted molar refractivity (Wildman–Crippen MR) is 28.5 cm³/mol. The maximum atomic E-state index is 9.04. The Morgan fingerprint density at radius 3 is 2.62 bits per heavy atom. The van der Waals surface area contributed by atoms with Gasteiger partial charge in [0.1, 0.15) is 0 Å². The van der Waals surface area contributed by atoms with Crippen LogP contribution in [-0.2, 0) is 9.37 Å². The standard InChI is InChI=1S/C2H6O3S2.Na/c3-4-5-7-2-1-6;/h3,6H,1-2H2;/q;+1/p-1. The van der Waals surface area contributed by atoms with Gasteiger partial charge in [0.25, 0.3) is 0 Å². The van der Waals surface area contributed by atoms with Gasteiger partial charge in [-0.15, -0.1) is 0 Å². The van der Waals surface area contributed by atoms with Gasteiger partial charge in [-0.2, -0.15) is 17.0 Å². The van der Waals surface area contributed by atoms with Crippen LogP contribution in [0.25, 0.3) is 0 Å². The van der Waals surface area contributed by atoms with Gasteiger partial charge < -0.3 is 5.26 Å². The van der Waals surface area contributed by atoms with Crippen LogP contribution in [0.15, 0.2) is 0 Å². The van der Waals surface area contributed by atoms with Crippen LogP contribution in [-0.4, -0.2) is 11.5 Å². The summed E-state index contributed by atoms with van der Waals surface area (Å²) in [6.07, 6.45) is 0. The Hall–Kier alpha value is 1.58. The van der Waals surface area contributed by atoms with Crippen LogP contribution in [0.2, 0.25) is 0 Å². The zero-order valence-corrected chi connectivity index (χ0v) is 8.21. The molecule has 0 aliphatic heterocycles. The summed E-state index contributed by atoms with van der Waals surface area (Å²) in [6, 6.07) is 0. The third-order valence-corrected chi connectivity index (χ3v) is 1.30.